The maximum Gasteiger partial charge on any atom is 0.262 e. The minimum absolute atomic E-state index is 0.306. The van der Waals surface area contributed by atoms with Crippen molar-refractivity contribution in [2.24, 2.45) is 0 Å². The molecule has 1 aliphatic heterocycles. The Morgan fingerprint density at radius 2 is 1.77 bits per heavy atom. The number of nitrogens with one attached hydrogen (secondary N) is 1. The zero-order valence-electron chi connectivity index (χ0n) is 21.4. The van der Waals surface area contributed by atoms with Crippen molar-refractivity contribution >= 4 is 39.0 Å². The first-order valence-electron chi connectivity index (χ1n) is 12.7. The van der Waals surface area contributed by atoms with Crippen LogP contribution in [0.5, 0.6) is 0 Å². The van der Waals surface area contributed by atoms with Gasteiger partial charge in [0.05, 0.1) is 17.2 Å². The van der Waals surface area contributed by atoms with Crippen LogP contribution in [0.15, 0.2) is 89.7 Å². The van der Waals surface area contributed by atoms with E-state index in [0.717, 1.165) is 37.3 Å². The van der Waals surface area contributed by atoms with Crippen molar-refractivity contribution in [3.63, 3.8) is 0 Å². The molecule has 1 unspecified atom stereocenters. The zero-order chi connectivity index (χ0) is 26.8. The summed E-state index contributed by atoms with van der Waals surface area (Å²) in [5.74, 6) is -0.392. The minimum Gasteiger partial charge on any atom is -0.369 e. The van der Waals surface area contributed by atoms with Crippen LogP contribution in [0.3, 0.4) is 0 Å². The molecule has 2 aromatic carbocycles. The van der Waals surface area contributed by atoms with E-state index in [1.54, 1.807) is 36.1 Å². The van der Waals surface area contributed by atoms with Crippen LogP contribution in [0.4, 0.5) is 10.8 Å². The van der Waals surface area contributed by atoms with Crippen LogP contribution in [-0.4, -0.2) is 63.6 Å². The molecule has 1 fully saturated rings. The molecule has 6 rings (SSSR count). The molecule has 5 aromatic rings. The second-order valence-electron chi connectivity index (χ2n) is 9.54. The van der Waals surface area contributed by atoms with E-state index in [0.29, 0.717) is 21.6 Å². The van der Waals surface area contributed by atoms with Gasteiger partial charge < -0.3 is 9.80 Å². The SMILES string of the molecule is CN1CCN(c2ccc(-c3ccc4ncn(C(C(=O)Nc5nccs5)c5cccnc5)c(=O)c4c3)cc2)CC1. The Hall–Kier alpha value is -4.41. The zero-order valence-corrected chi connectivity index (χ0v) is 22.2. The van der Waals surface area contributed by atoms with Gasteiger partial charge in [-0.25, -0.2) is 9.97 Å². The van der Waals surface area contributed by atoms with E-state index >= 15 is 0 Å². The predicted octanol–water partition coefficient (Wildman–Crippen LogP) is 3.89. The molecule has 9 nitrogen and oxygen atoms in total. The molecule has 3 aromatic heterocycles. The van der Waals surface area contributed by atoms with Gasteiger partial charge in [0, 0.05) is 61.4 Å². The van der Waals surface area contributed by atoms with Crippen molar-refractivity contribution in [3.05, 3.63) is 101 Å². The average molecular weight is 538 g/mol. The summed E-state index contributed by atoms with van der Waals surface area (Å²) in [5, 5.41) is 5.48. The lowest BCUT2D eigenvalue weighted by Gasteiger charge is -2.34. The molecule has 0 radical (unpaired) electrons. The molecule has 4 heterocycles. The molecule has 1 saturated heterocycles. The Bertz CT molecular complexity index is 1650. The number of carbonyl (C=O) groups excluding carboxylic acids is 1. The summed E-state index contributed by atoms with van der Waals surface area (Å²) in [6, 6.07) is 16.7. The maximum absolute atomic E-state index is 13.8. The van der Waals surface area contributed by atoms with Crippen LogP contribution < -0.4 is 15.8 Å². The molecule has 1 aliphatic rings. The minimum atomic E-state index is -0.960. The first-order valence-corrected chi connectivity index (χ1v) is 13.6. The Kier molecular flexibility index (Phi) is 6.87. The van der Waals surface area contributed by atoms with Crippen LogP contribution in [0.2, 0.25) is 0 Å². The Morgan fingerprint density at radius 3 is 2.49 bits per heavy atom. The van der Waals surface area contributed by atoms with Crippen LogP contribution in [-0.2, 0) is 4.79 Å². The number of hydrogen-bond donors (Lipinski definition) is 1. The lowest BCUT2D eigenvalue weighted by molar-refractivity contribution is -0.118. The molecule has 0 spiro atoms. The molecule has 1 amide bonds. The highest BCUT2D eigenvalue weighted by Crippen LogP contribution is 2.27. The largest absolute Gasteiger partial charge is 0.369 e. The van der Waals surface area contributed by atoms with Gasteiger partial charge in [-0.3, -0.25) is 24.5 Å². The second-order valence-corrected chi connectivity index (χ2v) is 10.4. The van der Waals surface area contributed by atoms with Crippen LogP contribution >= 0.6 is 11.3 Å². The summed E-state index contributed by atoms with van der Waals surface area (Å²) in [5.41, 5.74) is 3.95. The molecule has 1 N–H and O–H groups in total. The van der Waals surface area contributed by atoms with Crippen molar-refractivity contribution < 1.29 is 4.79 Å². The summed E-state index contributed by atoms with van der Waals surface area (Å²) in [6.07, 6.45) is 6.25. The van der Waals surface area contributed by atoms with Gasteiger partial charge in [0.1, 0.15) is 6.04 Å². The van der Waals surface area contributed by atoms with Gasteiger partial charge >= 0.3 is 0 Å². The number of benzene rings is 2. The molecule has 10 heteroatoms. The number of anilines is 2. The summed E-state index contributed by atoms with van der Waals surface area (Å²) in [6.45, 7) is 4.11. The number of rotatable bonds is 6. The highest BCUT2D eigenvalue weighted by molar-refractivity contribution is 7.13. The van der Waals surface area contributed by atoms with Crippen LogP contribution in [0, 0.1) is 0 Å². The quantitative estimate of drug-likeness (QED) is 0.351. The van der Waals surface area contributed by atoms with E-state index in [1.165, 1.54) is 27.9 Å². The Balaban J connectivity index is 1.35. The number of aromatic nitrogens is 4. The van der Waals surface area contributed by atoms with E-state index in [4.69, 9.17) is 0 Å². The summed E-state index contributed by atoms with van der Waals surface area (Å²) < 4.78 is 1.36. The normalized spacial score (nSPS) is 14.8. The van der Waals surface area contributed by atoms with E-state index in [1.807, 2.05) is 18.2 Å². The standard InChI is InChI=1S/C29H27N7O2S/c1-34-12-14-35(15-13-34)23-7-4-20(5-8-23)21-6-9-25-24(17-21)28(38)36(19-32-25)26(22-3-2-10-30-18-22)27(37)33-29-31-11-16-39-29/h2-11,16-19,26H,12-15H2,1H3,(H,31,33,37). The number of carbonyl (C=O) groups is 1. The third-order valence-corrected chi connectivity index (χ3v) is 7.73. The van der Waals surface area contributed by atoms with Crippen molar-refractivity contribution in [2.45, 2.75) is 6.04 Å². The van der Waals surface area contributed by atoms with Gasteiger partial charge in [-0.15, -0.1) is 11.3 Å². The number of fused-ring (bicyclic) bond motifs is 1. The van der Waals surface area contributed by atoms with Gasteiger partial charge in [-0.1, -0.05) is 24.3 Å². The molecule has 0 saturated carbocycles. The molecule has 196 valence electrons. The Labute approximate surface area is 229 Å². The van der Waals surface area contributed by atoms with Gasteiger partial charge in [0.25, 0.3) is 11.5 Å². The summed E-state index contributed by atoms with van der Waals surface area (Å²) in [7, 11) is 2.15. The van der Waals surface area contributed by atoms with Crippen molar-refractivity contribution in [2.75, 3.05) is 43.4 Å². The first kappa shape index (κ1) is 24.9. The maximum atomic E-state index is 13.8. The highest BCUT2D eigenvalue weighted by Gasteiger charge is 2.26. The molecular formula is C29H27N7O2S. The number of nitrogens with zero attached hydrogens (tertiary/aromatic N) is 6. The van der Waals surface area contributed by atoms with Gasteiger partial charge in [0.2, 0.25) is 0 Å². The third kappa shape index (κ3) is 5.16. The molecule has 39 heavy (non-hydrogen) atoms. The molecule has 0 bridgehead atoms. The fraction of sp³-hybridized carbons (Fsp3) is 0.207. The summed E-state index contributed by atoms with van der Waals surface area (Å²) >= 11 is 1.31. The lowest BCUT2D eigenvalue weighted by atomic mass is 10.0. The Morgan fingerprint density at radius 1 is 0.974 bits per heavy atom. The number of likely N-dealkylation sites (N-methyl/N-ethyl adjacent to an activating group) is 1. The van der Waals surface area contributed by atoms with Gasteiger partial charge in [-0.05, 0) is 48.5 Å². The number of piperazine rings is 1. The predicted molar refractivity (Wildman–Crippen MR) is 154 cm³/mol. The first-order chi connectivity index (χ1) is 19.1. The highest BCUT2D eigenvalue weighted by atomic mass is 32.1. The van der Waals surface area contributed by atoms with Gasteiger partial charge in [0.15, 0.2) is 5.13 Å². The molecular weight excluding hydrogens is 510 g/mol. The van der Waals surface area contributed by atoms with Crippen LogP contribution in [0.25, 0.3) is 22.0 Å². The summed E-state index contributed by atoms with van der Waals surface area (Å²) in [4.78, 5) is 44.8. The number of hydrogen-bond acceptors (Lipinski definition) is 8. The number of amides is 1. The fourth-order valence-corrected chi connectivity index (χ4v) is 5.40. The van der Waals surface area contributed by atoms with Crippen molar-refractivity contribution in [1.82, 2.24) is 24.4 Å². The van der Waals surface area contributed by atoms with E-state index in [-0.39, 0.29) is 5.56 Å². The van der Waals surface area contributed by atoms with Crippen molar-refractivity contribution in [3.8, 4) is 11.1 Å². The topological polar surface area (TPSA) is 96.2 Å². The lowest BCUT2D eigenvalue weighted by Crippen LogP contribution is -2.44. The van der Waals surface area contributed by atoms with E-state index < -0.39 is 11.9 Å². The third-order valence-electron chi connectivity index (χ3n) is 7.04. The smallest absolute Gasteiger partial charge is 0.262 e. The van der Waals surface area contributed by atoms with E-state index in [9.17, 15) is 9.59 Å². The van der Waals surface area contributed by atoms with Crippen molar-refractivity contribution in [1.29, 1.82) is 0 Å². The fourth-order valence-electron chi connectivity index (χ4n) is 4.86. The number of thiazole rings is 1. The number of pyridine rings is 1. The average Bonchev–Trinajstić information content (AvgIpc) is 3.48. The van der Waals surface area contributed by atoms with E-state index in [2.05, 4.69) is 61.4 Å². The second kappa shape index (κ2) is 10.8. The van der Waals surface area contributed by atoms with Gasteiger partial charge in [-0.2, -0.15) is 0 Å². The van der Waals surface area contributed by atoms with Crippen LogP contribution in [0.1, 0.15) is 11.6 Å². The molecule has 1 atom stereocenters. The monoisotopic (exact) mass is 537 g/mol. The molecule has 0 aliphatic carbocycles.